The summed E-state index contributed by atoms with van der Waals surface area (Å²) in [5, 5.41) is 0.742. The van der Waals surface area contributed by atoms with E-state index in [-0.39, 0.29) is 5.56 Å². The van der Waals surface area contributed by atoms with E-state index < -0.39 is 0 Å². The molecule has 3 heteroatoms. The Morgan fingerprint density at radius 1 is 1.21 bits per heavy atom. The van der Waals surface area contributed by atoms with Gasteiger partial charge in [0.15, 0.2) is 0 Å². The van der Waals surface area contributed by atoms with E-state index in [2.05, 4.69) is 11.9 Å². The van der Waals surface area contributed by atoms with E-state index in [1.807, 2.05) is 35.8 Å². The van der Waals surface area contributed by atoms with Gasteiger partial charge < -0.3 is 0 Å². The highest BCUT2D eigenvalue weighted by Gasteiger charge is 2.25. The highest BCUT2D eigenvalue weighted by atomic mass is 16.1. The third-order valence-electron chi connectivity index (χ3n) is 4.38. The van der Waals surface area contributed by atoms with Crippen LogP contribution in [-0.4, -0.2) is 9.55 Å². The number of hydrogen-bond acceptors (Lipinski definition) is 2. The molecule has 1 heterocycles. The first-order chi connectivity index (χ1) is 9.18. The Kier molecular flexibility index (Phi) is 3.13. The van der Waals surface area contributed by atoms with Crippen molar-refractivity contribution in [2.24, 2.45) is 5.92 Å². The summed E-state index contributed by atoms with van der Waals surface area (Å²) >= 11 is 0. The van der Waals surface area contributed by atoms with Gasteiger partial charge in [0.1, 0.15) is 5.82 Å². The summed E-state index contributed by atoms with van der Waals surface area (Å²) < 4.78 is 1.94. The van der Waals surface area contributed by atoms with Crippen LogP contribution in [0.4, 0.5) is 0 Å². The van der Waals surface area contributed by atoms with Crippen LogP contribution < -0.4 is 5.56 Å². The number of hydrogen-bond donors (Lipinski definition) is 0. The highest BCUT2D eigenvalue weighted by Crippen LogP contribution is 2.33. The molecule has 0 spiro atoms. The van der Waals surface area contributed by atoms with Crippen LogP contribution in [-0.2, 0) is 0 Å². The van der Waals surface area contributed by atoms with Gasteiger partial charge in [0, 0.05) is 6.04 Å². The number of para-hydroxylation sites is 1. The minimum absolute atomic E-state index is 0.127. The predicted octanol–water partition coefficient (Wildman–Crippen LogP) is 3.46. The molecule has 1 aromatic heterocycles. The molecule has 2 atom stereocenters. The quantitative estimate of drug-likeness (QED) is 0.783. The minimum atomic E-state index is 0.127. The standard InChI is InChI=1S/C16H20N2O/c1-11-7-3-6-10-15(11)18-12(2)17-14-9-5-4-8-13(14)16(18)19/h4-5,8-9,11,15H,3,6-7,10H2,1-2H3. The van der Waals surface area contributed by atoms with E-state index in [0.29, 0.717) is 12.0 Å². The number of nitrogens with zero attached hydrogens (tertiary/aromatic N) is 2. The fourth-order valence-electron chi connectivity index (χ4n) is 3.33. The van der Waals surface area contributed by atoms with Gasteiger partial charge in [-0.25, -0.2) is 4.98 Å². The third kappa shape index (κ3) is 2.07. The summed E-state index contributed by atoms with van der Waals surface area (Å²) in [5.41, 5.74) is 0.937. The number of fused-ring (bicyclic) bond motifs is 1. The monoisotopic (exact) mass is 256 g/mol. The highest BCUT2D eigenvalue weighted by molar-refractivity contribution is 5.77. The van der Waals surface area contributed by atoms with Crippen molar-refractivity contribution in [2.75, 3.05) is 0 Å². The second-order valence-electron chi connectivity index (χ2n) is 5.68. The Morgan fingerprint density at radius 3 is 2.74 bits per heavy atom. The molecule has 3 rings (SSSR count). The molecule has 1 aromatic carbocycles. The first kappa shape index (κ1) is 12.4. The average molecular weight is 256 g/mol. The van der Waals surface area contributed by atoms with Crippen molar-refractivity contribution in [2.45, 2.75) is 45.6 Å². The Labute approximate surface area is 113 Å². The molecular formula is C16H20N2O. The lowest BCUT2D eigenvalue weighted by molar-refractivity contribution is 0.248. The Morgan fingerprint density at radius 2 is 1.95 bits per heavy atom. The molecule has 1 aliphatic rings. The maximum Gasteiger partial charge on any atom is 0.261 e. The maximum atomic E-state index is 12.7. The van der Waals surface area contributed by atoms with Crippen molar-refractivity contribution in [1.82, 2.24) is 9.55 Å². The van der Waals surface area contributed by atoms with Gasteiger partial charge in [-0.05, 0) is 37.8 Å². The lowest BCUT2D eigenvalue weighted by Gasteiger charge is -2.31. The first-order valence-corrected chi connectivity index (χ1v) is 7.16. The lowest BCUT2D eigenvalue weighted by Crippen LogP contribution is -2.33. The lowest BCUT2D eigenvalue weighted by atomic mass is 9.85. The summed E-state index contributed by atoms with van der Waals surface area (Å²) in [6.45, 7) is 4.21. The van der Waals surface area contributed by atoms with Crippen molar-refractivity contribution in [3.05, 3.63) is 40.4 Å². The van der Waals surface area contributed by atoms with E-state index >= 15 is 0 Å². The molecule has 0 radical (unpaired) electrons. The van der Waals surface area contributed by atoms with Crippen LogP contribution in [0.1, 0.15) is 44.5 Å². The van der Waals surface area contributed by atoms with E-state index in [1.54, 1.807) is 0 Å². The zero-order chi connectivity index (χ0) is 13.4. The van der Waals surface area contributed by atoms with Gasteiger partial charge in [0.25, 0.3) is 5.56 Å². The van der Waals surface area contributed by atoms with Crippen LogP contribution >= 0.6 is 0 Å². The summed E-state index contributed by atoms with van der Waals surface area (Å²) in [6, 6.07) is 7.96. The number of benzene rings is 1. The molecule has 2 aromatic rings. The maximum absolute atomic E-state index is 12.7. The normalized spacial score (nSPS) is 23.7. The fourth-order valence-corrected chi connectivity index (χ4v) is 3.33. The van der Waals surface area contributed by atoms with E-state index in [1.165, 1.54) is 19.3 Å². The average Bonchev–Trinajstić information content (AvgIpc) is 2.41. The molecule has 0 N–H and O–H groups in total. The van der Waals surface area contributed by atoms with Crippen LogP contribution in [0.2, 0.25) is 0 Å². The minimum Gasteiger partial charge on any atom is -0.293 e. The van der Waals surface area contributed by atoms with Gasteiger partial charge in [0.2, 0.25) is 0 Å². The molecule has 3 nitrogen and oxygen atoms in total. The Balaban J connectivity index is 2.20. The van der Waals surface area contributed by atoms with Crippen LogP contribution in [0, 0.1) is 12.8 Å². The molecule has 1 aliphatic carbocycles. The molecule has 0 saturated heterocycles. The topological polar surface area (TPSA) is 34.9 Å². The number of rotatable bonds is 1. The third-order valence-corrected chi connectivity index (χ3v) is 4.38. The summed E-state index contributed by atoms with van der Waals surface area (Å²) in [7, 11) is 0. The summed E-state index contributed by atoms with van der Waals surface area (Å²) in [4.78, 5) is 17.3. The zero-order valence-electron chi connectivity index (χ0n) is 11.6. The molecule has 0 amide bonds. The van der Waals surface area contributed by atoms with Crippen LogP contribution in [0.15, 0.2) is 29.1 Å². The second-order valence-corrected chi connectivity index (χ2v) is 5.68. The fraction of sp³-hybridized carbons (Fsp3) is 0.500. The molecular weight excluding hydrogens is 236 g/mol. The van der Waals surface area contributed by atoms with Gasteiger partial charge >= 0.3 is 0 Å². The predicted molar refractivity (Wildman–Crippen MR) is 77.4 cm³/mol. The van der Waals surface area contributed by atoms with Gasteiger partial charge in [0.05, 0.1) is 10.9 Å². The Bertz CT molecular complexity index is 659. The van der Waals surface area contributed by atoms with Crippen molar-refractivity contribution < 1.29 is 0 Å². The van der Waals surface area contributed by atoms with E-state index in [0.717, 1.165) is 23.1 Å². The van der Waals surface area contributed by atoms with E-state index in [9.17, 15) is 4.79 Å². The van der Waals surface area contributed by atoms with Gasteiger partial charge in [-0.15, -0.1) is 0 Å². The van der Waals surface area contributed by atoms with E-state index in [4.69, 9.17) is 0 Å². The molecule has 2 unspecified atom stereocenters. The zero-order valence-corrected chi connectivity index (χ0v) is 11.6. The SMILES string of the molecule is Cc1nc2ccccc2c(=O)n1C1CCCCC1C. The Hall–Kier alpha value is -1.64. The second kappa shape index (κ2) is 4.80. The van der Waals surface area contributed by atoms with Gasteiger partial charge in [-0.1, -0.05) is 31.9 Å². The van der Waals surface area contributed by atoms with Crippen molar-refractivity contribution in [1.29, 1.82) is 0 Å². The molecule has 1 fully saturated rings. The van der Waals surface area contributed by atoms with Crippen molar-refractivity contribution >= 4 is 10.9 Å². The summed E-state index contributed by atoms with van der Waals surface area (Å²) in [6.07, 6.45) is 4.81. The molecule has 0 aliphatic heterocycles. The first-order valence-electron chi connectivity index (χ1n) is 7.16. The molecule has 1 saturated carbocycles. The molecule has 0 bridgehead atoms. The van der Waals surface area contributed by atoms with Crippen LogP contribution in [0.3, 0.4) is 0 Å². The van der Waals surface area contributed by atoms with Crippen LogP contribution in [0.5, 0.6) is 0 Å². The number of aromatic nitrogens is 2. The molecule has 100 valence electrons. The largest absolute Gasteiger partial charge is 0.293 e. The molecule has 19 heavy (non-hydrogen) atoms. The van der Waals surface area contributed by atoms with Crippen molar-refractivity contribution in [3.8, 4) is 0 Å². The van der Waals surface area contributed by atoms with Gasteiger partial charge in [-0.2, -0.15) is 0 Å². The smallest absolute Gasteiger partial charge is 0.261 e. The van der Waals surface area contributed by atoms with Crippen LogP contribution in [0.25, 0.3) is 10.9 Å². The van der Waals surface area contributed by atoms with Gasteiger partial charge in [-0.3, -0.25) is 9.36 Å². The summed E-state index contributed by atoms with van der Waals surface area (Å²) in [5.74, 6) is 1.41. The number of aryl methyl sites for hydroxylation is 1. The van der Waals surface area contributed by atoms with Crippen molar-refractivity contribution in [3.63, 3.8) is 0 Å².